The van der Waals surface area contributed by atoms with Crippen molar-refractivity contribution in [2.24, 2.45) is 0 Å². The molecule has 0 aromatic heterocycles. The van der Waals surface area contributed by atoms with E-state index in [1.165, 1.54) is 0 Å². The van der Waals surface area contributed by atoms with Gasteiger partial charge in [0.2, 0.25) is 0 Å². The SMILES string of the molecule is O=C(N[C@H](CNCc1ccccc1)c1ccccc1)C(F)(F)F. The quantitative estimate of drug-likeness (QED) is 0.857. The largest absolute Gasteiger partial charge is 0.471 e. The summed E-state index contributed by atoms with van der Waals surface area (Å²) in [5, 5.41) is 5.11. The fourth-order valence-corrected chi connectivity index (χ4v) is 2.13. The summed E-state index contributed by atoms with van der Waals surface area (Å²) in [5.74, 6) is -1.94. The van der Waals surface area contributed by atoms with Crippen molar-refractivity contribution in [2.75, 3.05) is 6.54 Å². The second-order valence-corrected chi connectivity index (χ2v) is 5.05. The maximum Gasteiger partial charge on any atom is 0.471 e. The van der Waals surface area contributed by atoms with E-state index in [1.807, 2.05) is 35.6 Å². The van der Waals surface area contributed by atoms with Crippen LogP contribution in [0.3, 0.4) is 0 Å². The van der Waals surface area contributed by atoms with E-state index < -0.39 is 18.1 Å². The van der Waals surface area contributed by atoms with Crippen molar-refractivity contribution < 1.29 is 18.0 Å². The second kappa shape index (κ2) is 7.78. The lowest BCUT2D eigenvalue weighted by molar-refractivity contribution is -0.174. The molecule has 0 spiro atoms. The minimum atomic E-state index is -4.90. The van der Waals surface area contributed by atoms with Crippen molar-refractivity contribution in [3.63, 3.8) is 0 Å². The van der Waals surface area contributed by atoms with Crippen LogP contribution in [0.2, 0.25) is 0 Å². The van der Waals surface area contributed by atoms with Crippen LogP contribution in [-0.2, 0) is 11.3 Å². The van der Waals surface area contributed by atoms with Gasteiger partial charge < -0.3 is 10.6 Å². The van der Waals surface area contributed by atoms with Gasteiger partial charge in [-0.2, -0.15) is 13.2 Å². The molecule has 0 fully saturated rings. The molecule has 0 aliphatic rings. The molecule has 2 rings (SSSR count). The van der Waals surface area contributed by atoms with Crippen LogP contribution in [0.1, 0.15) is 17.2 Å². The van der Waals surface area contributed by atoms with E-state index in [2.05, 4.69) is 5.32 Å². The molecule has 3 nitrogen and oxygen atoms in total. The maximum absolute atomic E-state index is 12.5. The molecular formula is C17H17F3N2O. The van der Waals surface area contributed by atoms with Crippen LogP contribution in [0.4, 0.5) is 13.2 Å². The maximum atomic E-state index is 12.5. The minimum absolute atomic E-state index is 0.195. The number of amides is 1. The summed E-state index contributed by atoms with van der Waals surface area (Å²) >= 11 is 0. The smallest absolute Gasteiger partial charge is 0.340 e. The molecule has 23 heavy (non-hydrogen) atoms. The van der Waals surface area contributed by atoms with E-state index in [0.29, 0.717) is 12.1 Å². The molecule has 6 heteroatoms. The Morgan fingerprint density at radius 3 is 2.09 bits per heavy atom. The van der Waals surface area contributed by atoms with Crippen molar-refractivity contribution in [1.82, 2.24) is 10.6 Å². The highest BCUT2D eigenvalue weighted by atomic mass is 19.4. The van der Waals surface area contributed by atoms with Gasteiger partial charge >= 0.3 is 12.1 Å². The highest BCUT2D eigenvalue weighted by Crippen LogP contribution is 2.18. The van der Waals surface area contributed by atoms with Crippen LogP contribution in [0.25, 0.3) is 0 Å². The van der Waals surface area contributed by atoms with Crippen LogP contribution < -0.4 is 10.6 Å². The van der Waals surface area contributed by atoms with Gasteiger partial charge in [-0.1, -0.05) is 60.7 Å². The molecular weight excluding hydrogens is 305 g/mol. The molecule has 0 radical (unpaired) electrons. The molecule has 0 unspecified atom stereocenters. The Hall–Kier alpha value is -2.34. The molecule has 0 aliphatic carbocycles. The summed E-state index contributed by atoms with van der Waals surface area (Å²) in [6.07, 6.45) is -4.90. The minimum Gasteiger partial charge on any atom is -0.340 e. The Morgan fingerprint density at radius 1 is 0.957 bits per heavy atom. The molecule has 0 saturated heterocycles. The first kappa shape index (κ1) is 17.0. The van der Waals surface area contributed by atoms with E-state index in [9.17, 15) is 18.0 Å². The number of carbonyl (C=O) groups excluding carboxylic acids is 1. The zero-order chi connectivity index (χ0) is 16.7. The van der Waals surface area contributed by atoms with E-state index in [-0.39, 0.29) is 6.54 Å². The van der Waals surface area contributed by atoms with E-state index >= 15 is 0 Å². The molecule has 122 valence electrons. The average Bonchev–Trinajstić information content (AvgIpc) is 2.54. The zero-order valence-corrected chi connectivity index (χ0v) is 12.3. The first-order valence-corrected chi connectivity index (χ1v) is 7.14. The number of hydrogen-bond acceptors (Lipinski definition) is 2. The molecule has 1 atom stereocenters. The molecule has 1 amide bonds. The number of benzene rings is 2. The Kier molecular flexibility index (Phi) is 5.76. The van der Waals surface area contributed by atoms with Crippen LogP contribution in [0, 0.1) is 0 Å². The fraction of sp³-hybridized carbons (Fsp3) is 0.235. The number of alkyl halides is 3. The highest BCUT2D eigenvalue weighted by Gasteiger charge is 2.39. The van der Waals surface area contributed by atoms with Crippen LogP contribution in [0.5, 0.6) is 0 Å². The van der Waals surface area contributed by atoms with Gasteiger partial charge in [0.05, 0.1) is 6.04 Å². The van der Waals surface area contributed by atoms with Gasteiger partial charge in [0, 0.05) is 13.1 Å². The summed E-state index contributed by atoms with van der Waals surface area (Å²) in [4.78, 5) is 11.2. The molecule has 0 bridgehead atoms. The lowest BCUT2D eigenvalue weighted by Crippen LogP contribution is -2.42. The van der Waals surface area contributed by atoms with E-state index in [0.717, 1.165) is 5.56 Å². The first-order valence-electron chi connectivity index (χ1n) is 7.14. The van der Waals surface area contributed by atoms with Gasteiger partial charge in [0.15, 0.2) is 0 Å². The molecule has 0 saturated carbocycles. The average molecular weight is 322 g/mol. The van der Waals surface area contributed by atoms with Crippen LogP contribution >= 0.6 is 0 Å². The van der Waals surface area contributed by atoms with Crippen molar-refractivity contribution in [3.8, 4) is 0 Å². The van der Waals surface area contributed by atoms with Gasteiger partial charge in [-0.3, -0.25) is 4.79 Å². The Bertz CT molecular complexity index is 615. The first-order chi connectivity index (χ1) is 11.0. The summed E-state index contributed by atoms with van der Waals surface area (Å²) in [6.45, 7) is 0.701. The van der Waals surface area contributed by atoms with Gasteiger partial charge in [-0.15, -0.1) is 0 Å². The summed E-state index contributed by atoms with van der Waals surface area (Å²) in [7, 11) is 0. The van der Waals surface area contributed by atoms with Gasteiger partial charge in [0.25, 0.3) is 0 Å². The molecule has 0 heterocycles. The number of carbonyl (C=O) groups is 1. The summed E-state index contributed by atoms with van der Waals surface area (Å²) in [6, 6.07) is 17.3. The zero-order valence-electron chi connectivity index (χ0n) is 12.3. The van der Waals surface area contributed by atoms with Crippen molar-refractivity contribution >= 4 is 5.91 Å². The van der Waals surface area contributed by atoms with Gasteiger partial charge in [0.1, 0.15) is 0 Å². The third-order valence-corrected chi connectivity index (χ3v) is 3.29. The van der Waals surface area contributed by atoms with Crippen molar-refractivity contribution in [2.45, 2.75) is 18.8 Å². The van der Waals surface area contributed by atoms with E-state index in [4.69, 9.17) is 0 Å². The van der Waals surface area contributed by atoms with Crippen LogP contribution in [-0.4, -0.2) is 18.6 Å². The monoisotopic (exact) mass is 322 g/mol. The predicted molar refractivity (Wildman–Crippen MR) is 81.5 cm³/mol. The number of nitrogens with one attached hydrogen (secondary N) is 2. The van der Waals surface area contributed by atoms with Crippen molar-refractivity contribution in [1.29, 1.82) is 0 Å². The standard InChI is InChI=1S/C17H17F3N2O/c18-17(19,20)16(23)22-15(14-9-5-2-6-10-14)12-21-11-13-7-3-1-4-8-13/h1-10,15,21H,11-12H2,(H,22,23)/t15-/m1/s1. The second-order valence-electron chi connectivity index (χ2n) is 5.05. The Balaban J connectivity index is 2.01. The normalized spacial score (nSPS) is 12.7. The molecule has 2 aromatic rings. The van der Waals surface area contributed by atoms with Crippen molar-refractivity contribution in [3.05, 3.63) is 71.8 Å². The number of halogens is 3. The van der Waals surface area contributed by atoms with Gasteiger partial charge in [-0.05, 0) is 11.1 Å². The lowest BCUT2D eigenvalue weighted by atomic mass is 10.1. The fourth-order valence-electron chi connectivity index (χ4n) is 2.13. The van der Waals surface area contributed by atoms with Crippen LogP contribution in [0.15, 0.2) is 60.7 Å². The van der Waals surface area contributed by atoms with Gasteiger partial charge in [-0.25, -0.2) is 0 Å². The number of hydrogen-bond donors (Lipinski definition) is 2. The lowest BCUT2D eigenvalue weighted by Gasteiger charge is -2.20. The highest BCUT2D eigenvalue weighted by molar-refractivity contribution is 5.82. The third-order valence-electron chi connectivity index (χ3n) is 3.29. The Labute approximate surface area is 132 Å². The third kappa shape index (κ3) is 5.41. The summed E-state index contributed by atoms with van der Waals surface area (Å²) < 4.78 is 37.4. The summed E-state index contributed by atoms with van der Waals surface area (Å²) in [5.41, 5.74) is 1.63. The molecule has 2 aromatic carbocycles. The molecule has 0 aliphatic heterocycles. The topological polar surface area (TPSA) is 41.1 Å². The van der Waals surface area contributed by atoms with E-state index in [1.54, 1.807) is 30.3 Å². The molecule has 2 N–H and O–H groups in total. The number of rotatable bonds is 6. The predicted octanol–water partition coefficient (Wildman–Crippen LogP) is 3.20. The Morgan fingerprint density at radius 2 is 1.52 bits per heavy atom.